The highest BCUT2D eigenvalue weighted by Crippen LogP contribution is 2.36. The third kappa shape index (κ3) is 3.66. The Balaban J connectivity index is 1.92. The molecule has 0 radical (unpaired) electrons. The van der Waals surface area contributed by atoms with Gasteiger partial charge in [0.15, 0.2) is 0 Å². The standard InChI is InChI=1S/C15H14F4N4O/c1-24-12-5-2-8(16)6-11(12)22-14-20-7-10(15(17,18)19)13(23-14)21-9-3-4-9/h2,5-7,9H,3-4H2,1H3,(H2,20,21,22,23). The van der Waals surface area contributed by atoms with E-state index in [-0.39, 0.29) is 23.5 Å². The summed E-state index contributed by atoms with van der Waals surface area (Å²) in [6.45, 7) is 0. The van der Waals surface area contributed by atoms with Crippen LogP contribution < -0.4 is 15.4 Å². The molecule has 1 aliphatic rings. The molecule has 1 aromatic carbocycles. The highest BCUT2D eigenvalue weighted by molar-refractivity contribution is 5.64. The van der Waals surface area contributed by atoms with Gasteiger partial charge in [0, 0.05) is 18.3 Å². The average molecular weight is 342 g/mol. The maximum absolute atomic E-state index is 13.4. The largest absolute Gasteiger partial charge is 0.495 e. The normalized spacial score (nSPS) is 14.4. The van der Waals surface area contributed by atoms with Crippen LogP contribution in [-0.2, 0) is 6.18 Å². The second-order valence-corrected chi connectivity index (χ2v) is 5.34. The summed E-state index contributed by atoms with van der Waals surface area (Å²) in [5.74, 6) is -0.592. The number of halogens is 4. The van der Waals surface area contributed by atoms with Crippen molar-refractivity contribution in [2.24, 2.45) is 0 Å². The van der Waals surface area contributed by atoms with Crippen molar-refractivity contribution in [3.8, 4) is 5.75 Å². The second-order valence-electron chi connectivity index (χ2n) is 5.34. The fourth-order valence-corrected chi connectivity index (χ4v) is 2.08. The van der Waals surface area contributed by atoms with Crippen molar-refractivity contribution in [1.29, 1.82) is 0 Å². The van der Waals surface area contributed by atoms with Crippen LogP contribution in [0.4, 0.5) is 35.0 Å². The van der Waals surface area contributed by atoms with Crippen molar-refractivity contribution in [3.63, 3.8) is 0 Å². The second kappa shape index (κ2) is 6.14. The molecule has 5 nitrogen and oxygen atoms in total. The van der Waals surface area contributed by atoms with Crippen LogP contribution in [0.15, 0.2) is 24.4 Å². The van der Waals surface area contributed by atoms with E-state index < -0.39 is 17.6 Å². The number of rotatable bonds is 5. The quantitative estimate of drug-likeness (QED) is 0.806. The molecule has 0 amide bonds. The molecule has 128 valence electrons. The number of nitrogens with zero attached hydrogens (tertiary/aromatic N) is 2. The van der Waals surface area contributed by atoms with Gasteiger partial charge in [0.05, 0.1) is 12.8 Å². The van der Waals surface area contributed by atoms with Crippen LogP contribution in [-0.4, -0.2) is 23.1 Å². The van der Waals surface area contributed by atoms with E-state index >= 15 is 0 Å². The van der Waals surface area contributed by atoms with E-state index in [0.29, 0.717) is 11.9 Å². The van der Waals surface area contributed by atoms with Gasteiger partial charge >= 0.3 is 6.18 Å². The topological polar surface area (TPSA) is 59.1 Å². The van der Waals surface area contributed by atoms with Crippen molar-refractivity contribution in [2.75, 3.05) is 17.7 Å². The SMILES string of the molecule is COc1ccc(F)cc1Nc1ncc(C(F)(F)F)c(NC2CC2)n1. The summed E-state index contributed by atoms with van der Waals surface area (Å²) in [6, 6.07) is 3.73. The number of hydrogen-bond donors (Lipinski definition) is 2. The van der Waals surface area contributed by atoms with Crippen LogP contribution in [0, 0.1) is 5.82 Å². The number of anilines is 3. The Morgan fingerprint density at radius 2 is 2.00 bits per heavy atom. The van der Waals surface area contributed by atoms with Gasteiger partial charge in [0.2, 0.25) is 5.95 Å². The summed E-state index contributed by atoms with van der Waals surface area (Å²) < 4.78 is 57.6. The number of methoxy groups -OCH3 is 1. The predicted octanol–water partition coefficient (Wildman–Crippen LogP) is 3.96. The first-order valence-corrected chi connectivity index (χ1v) is 7.18. The molecule has 0 unspecified atom stereocenters. The minimum Gasteiger partial charge on any atom is -0.495 e. The molecule has 9 heteroatoms. The van der Waals surface area contributed by atoms with Crippen molar-refractivity contribution in [2.45, 2.75) is 25.1 Å². The molecule has 0 saturated heterocycles. The Bertz CT molecular complexity index is 747. The van der Waals surface area contributed by atoms with Gasteiger partial charge in [-0.05, 0) is 25.0 Å². The summed E-state index contributed by atoms with van der Waals surface area (Å²) in [4.78, 5) is 7.56. The van der Waals surface area contributed by atoms with Crippen LogP contribution in [0.1, 0.15) is 18.4 Å². The van der Waals surface area contributed by atoms with Crippen LogP contribution in [0.3, 0.4) is 0 Å². The van der Waals surface area contributed by atoms with Gasteiger partial charge in [-0.2, -0.15) is 18.2 Å². The highest BCUT2D eigenvalue weighted by atomic mass is 19.4. The van der Waals surface area contributed by atoms with Gasteiger partial charge < -0.3 is 15.4 Å². The molecule has 24 heavy (non-hydrogen) atoms. The number of benzene rings is 1. The van der Waals surface area contributed by atoms with Gasteiger partial charge in [-0.3, -0.25) is 0 Å². The minimum atomic E-state index is -4.56. The minimum absolute atomic E-state index is 0.0162. The Morgan fingerprint density at radius 3 is 2.62 bits per heavy atom. The number of hydrogen-bond acceptors (Lipinski definition) is 5. The molecule has 2 aromatic rings. The lowest BCUT2D eigenvalue weighted by Crippen LogP contribution is -2.15. The molecule has 0 atom stereocenters. The van der Waals surface area contributed by atoms with Gasteiger partial charge in [-0.15, -0.1) is 0 Å². The lowest BCUT2D eigenvalue weighted by Gasteiger charge is -2.15. The summed E-state index contributed by atoms with van der Waals surface area (Å²) in [6.07, 6.45) is -2.28. The van der Waals surface area contributed by atoms with Gasteiger partial charge in [0.25, 0.3) is 0 Å². The molecule has 1 fully saturated rings. The Morgan fingerprint density at radius 1 is 1.25 bits per heavy atom. The molecule has 0 aliphatic heterocycles. The number of aromatic nitrogens is 2. The third-order valence-electron chi connectivity index (χ3n) is 3.42. The van der Waals surface area contributed by atoms with Crippen LogP contribution in [0.2, 0.25) is 0 Å². The van der Waals surface area contributed by atoms with Gasteiger partial charge in [-0.25, -0.2) is 9.37 Å². The first-order valence-electron chi connectivity index (χ1n) is 7.18. The molecule has 3 rings (SSSR count). The summed E-state index contributed by atoms with van der Waals surface area (Å²) in [5.41, 5.74) is -0.721. The fourth-order valence-electron chi connectivity index (χ4n) is 2.08. The van der Waals surface area contributed by atoms with E-state index in [0.717, 1.165) is 18.9 Å². The first kappa shape index (κ1) is 16.3. The highest BCUT2D eigenvalue weighted by Gasteiger charge is 2.36. The molecule has 2 N–H and O–H groups in total. The summed E-state index contributed by atoms with van der Waals surface area (Å²) >= 11 is 0. The first-order chi connectivity index (χ1) is 11.4. The third-order valence-corrected chi connectivity index (χ3v) is 3.42. The molecule has 0 bridgehead atoms. The number of ether oxygens (including phenoxy) is 1. The van der Waals surface area contributed by atoms with Crippen molar-refractivity contribution in [1.82, 2.24) is 9.97 Å². The van der Waals surface area contributed by atoms with Crippen molar-refractivity contribution in [3.05, 3.63) is 35.8 Å². The van der Waals surface area contributed by atoms with Gasteiger partial charge in [0.1, 0.15) is 22.9 Å². The lowest BCUT2D eigenvalue weighted by atomic mass is 10.2. The zero-order valence-corrected chi connectivity index (χ0v) is 12.6. The summed E-state index contributed by atoms with van der Waals surface area (Å²) in [7, 11) is 1.39. The molecule has 1 aliphatic carbocycles. The van der Waals surface area contributed by atoms with E-state index in [1.807, 2.05) is 0 Å². The van der Waals surface area contributed by atoms with E-state index in [1.54, 1.807) is 0 Å². The Kier molecular flexibility index (Phi) is 4.16. The zero-order chi connectivity index (χ0) is 17.3. The molecule has 1 aromatic heterocycles. The summed E-state index contributed by atoms with van der Waals surface area (Å²) in [5, 5.41) is 5.42. The van der Waals surface area contributed by atoms with Gasteiger partial charge in [-0.1, -0.05) is 0 Å². The van der Waals surface area contributed by atoms with Crippen LogP contribution in [0.25, 0.3) is 0 Å². The van der Waals surface area contributed by atoms with Crippen LogP contribution in [0.5, 0.6) is 5.75 Å². The molecular weight excluding hydrogens is 328 g/mol. The van der Waals surface area contributed by atoms with E-state index in [2.05, 4.69) is 20.6 Å². The van der Waals surface area contributed by atoms with E-state index in [1.165, 1.54) is 19.2 Å². The average Bonchev–Trinajstić information content (AvgIpc) is 3.30. The van der Waals surface area contributed by atoms with E-state index in [9.17, 15) is 17.6 Å². The number of alkyl halides is 3. The monoisotopic (exact) mass is 342 g/mol. The van der Waals surface area contributed by atoms with E-state index in [4.69, 9.17) is 4.74 Å². The zero-order valence-electron chi connectivity index (χ0n) is 12.6. The Hall–Kier alpha value is -2.58. The van der Waals surface area contributed by atoms with Crippen LogP contribution >= 0.6 is 0 Å². The molecule has 1 saturated carbocycles. The smallest absolute Gasteiger partial charge is 0.421 e. The Labute approximate surface area is 135 Å². The fraction of sp³-hybridized carbons (Fsp3) is 0.333. The molecular formula is C15H14F4N4O. The number of nitrogens with one attached hydrogen (secondary N) is 2. The molecule has 0 spiro atoms. The maximum atomic E-state index is 13.4. The lowest BCUT2D eigenvalue weighted by molar-refractivity contribution is -0.137. The van der Waals surface area contributed by atoms with Crippen molar-refractivity contribution < 1.29 is 22.3 Å². The molecule has 1 heterocycles. The maximum Gasteiger partial charge on any atom is 0.421 e. The van der Waals surface area contributed by atoms with Crippen molar-refractivity contribution >= 4 is 17.5 Å². The predicted molar refractivity (Wildman–Crippen MR) is 79.9 cm³/mol.